The Balaban J connectivity index is 1.38. The fraction of sp³-hybridized carbons (Fsp3) is 0.789. The van der Waals surface area contributed by atoms with E-state index in [-0.39, 0.29) is 11.8 Å². The third-order valence-corrected chi connectivity index (χ3v) is 5.78. The number of carbonyl (C=O) groups excluding carboxylic acids is 1. The Bertz CT molecular complexity index is 545. The Morgan fingerprint density at radius 1 is 1.24 bits per heavy atom. The molecule has 1 atom stereocenters. The number of carbonyl (C=O) groups is 1. The highest BCUT2D eigenvalue weighted by Crippen LogP contribution is 2.29. The van der Waals surface area contributed by atoms with Gasteiger partial charge in [-0.3, -0.25) is 4.79 Å². The zero-order valence-corrected chi connectivity index (χ0v) is 15.4. The molecule has 3 rings (SSSR count). The Morgan fingerprint density at radius 2 is 1.96 bits per heavy atom. The molecule has 0 saturated carbocycles. The predicted octanol–water partition coefficient (Wildman–Crippen LogP) is 1.96. The van der Waals surface area contributed by atoms with Crippen molar-refractivity contribution in [1.82, 2.24) is 19.4 Å². The second-order valence-corrected chi connectivity index (χ2v) is 7.57. The molecule has 1 N–H and O–H groups in total. The van der Waals surface area contributed by atoms with Crippen LogP contribution in [0.4, 0.5) is 0 Å². The van der Waals surface area contributed by atoms with Crippen LogP contribution in [0, 0.1) is 5.92 Å². The van der Waals surface area contributed by atoms with Crippen molar-refractivity contribution in [1.29, 1.82) is 0 Å². The van der Waals surface area contributed by atoms with Gasteiger partial charge < -0.3 is 19.5 Å². The molecule has 1 aromatic rings. The van der Waals surface area contributed by atoms with Crippen LogP contribution in [0.2, 0.25) is 0 Å². The van der Waals surface area contributed by atoms with E-state index in [1.165, 1.54) is 32.4 Å². The first kappa shape index (κ1) is 18.4. The predicted molar refractivity (Wildman–Crippen MR) is 97.0 cm³/mol. The van der Waals surface area contributed by atoms with Gasteiger partial charge in [0.2, 0.25) is 5.91 Å². The van der Waals surface area contributed by atoms with Gasteiger partial charge in [0.15, 0.2) is 0 Å². The first-order chi connectivity index (χ1) is 12.1. The maximum Gasteiger partial charge on any atom is 0.222 e. The first-order valence-electron chi connectivity index (χ1n) is 9.80. The summed E-state index contributed by atoms with van der Waals surface area (Å²) in [7, 11) is 1.91. The number of amides is 1. The maximum atomic E-state index is 12.4. The number of piperidine rings is 2. The second kappa shape index (κ2) is 8.81. The molecule has 0 aromatic carbocycles. The van der Waals surface area contributed by atoms with Crippen molar-refractivity contribution in [3.05, 3.63) is 18.2 Å². The Hall–Kier alpha value is -1.40. The van der Waals surface area contributed by atoms with Crippen LogP contribution < -0.4 is 0 Å². The van der Waals surface area contributed by atoms with Crippen LogP contribution in [-0.4, -0.2) is 63.1 Å². The van der Waals surface area contributed by atoms with E-state index in [1.807, 2.05) is 22.7 Å². The lowest BCUT2D eigenvalue weighted by Crippen LogP contribution is -2.40. The monoisotopic (exact) mass is 348 g/mol. The minimum atomic E-state index is -0.531. The molecule has 3 heterocycles. The highest BCUT2D eigenvalue weighted by atomic mass is 16.3. The van der Waals surface area contributed by atoms with E-state index in [2.05, 4.69) is 9.88 Å². The molecular weight excluding hydrogens is 316 g/mol. The molecule has 0 spiro atoms. The summed E-state index contributed by atoms with van der Waals surface area (Å²) in [6.07, 6.45) is 10.3. The van der Waals surface area contributed by atoms with Gasteiger partial charge in [-0.15, -0.1) is 0 Å². The van der Waals surface area contributed by atoms with Crippen LogP contribution in [-0.2, 0) is 11.8 Å². The van der Waals surface area contributed by atoms with E-state index >= 15 is 0 Å². The molecule has 6 nitrogen and oxygen atoms in total. The van der Waals surface area contributed by atoms with Gasteiger partial charge in [-0.05, 0) is 57.7 Å². The van der Waals surface area contributed by atoms with E-state index in [0.29, 0.717) is 6.42 Å². The van der Waals surface area contributed by atoms with Crippen LogP contribution >= 0.6 is 0 Å². The number of aromatic nitrogens is 2. The lowest BCUT2D eigenvalue weighted by atomic mass is 9.90. The molecule has 2 aliphatic heterocycles. The van der Waals surface area contributed by atoms with E-state index in [0.717, 1.165) is 44.7 Å². The molecule has 2 saturated heterocycles. The zero-order chi connectivity index (χ0) is 17.6. The summed E-state index contributed by atoms with van der Waals surface area (Å²) in [5, 5.41) is 10.5. The third kappa shape index (κ3) is 4.82. The van der Waals surface area contributed by atoms with Gasteiger partial charge in [0.05, 0.1) is 0 Å². The number of nitrogens with zero attached hydrogens (tertiary/aromatic N) is 4. The van der Waals surface area contributed by atoms with Crippen molar-refractivity contribution in [2.75, 3.05) is 32.7 Å². The molecule has 0 unspecified atom stereocenters. The van der Waals surface area contributed by atoms with Crippen molar-refractivity contribution >= 4 is 5.91 Å². The largest absolute Gasteiger partial charge is 0.385 e. The molecule has 140 valence electrons. The molecule has 1 amide bonds. The van der Waals surface area contributed by atoms with Crippen molar-refractivity contribution in [3.8, 4) is 0 Å². The van der Waals surface area contributed by atoms with Gasteiger partial charge in [-0.25, -0.2) is 4.98 Å². The van der Waals surface area contributed by atoms with Gasteiger partial charge in [-0.1, -0.05) is 6.42 Å². The fourth-order valence-corrected chi connectivity index (χ4v) is 4.13. The number of imidazole rings is 1. The molecule has 0 aliphatic carbocycles. The number of hydrogen-bond acceptors (Lipinski definition) is 4. The molecule has 25 heavy (non-hydrogen) atoms. The third-order valence-electron chi connectivity index (χ3n) is 5.78. The van der Waals surface area contributed by atoms with Gasteiger partial charge in [0, 0.05) is 39.0 Å². The zero-order valence-electron chi connectivity index (χ0n) is 15.4. The average Bonchev–Trinajstić information content (AvgIpc) is 3.08. The number of aliphatic hydroxyl groups excluding tert-OH is 1. The summed E-state index contributed by atoms with van der Waals surface area (Å²) in [6.45, 7) is 4.97. The summed E-state index contributed by atoms with van der Waals surface area (Å²) >= 11 is 0. The van der Waals surface area contributed by atoms with E-state index < -0.39 is 6.10 Å². The number of hydrogen-bond donors (Lipinski definition) is 1. The molecule has 0 radical (unpaired) electrons. The van der Waals surface area contributed by atoms with Crippen molar-refractivity contribution in [3.63, 3.8) is 0 Å². The Kier molecular flexibility index (Phi) is 6.48. The molecule has 0 bridgehead atoms. The van der Waals surface area contributed by atoms with Crippen molar-refractivity contribution < 1.29 is 9.90 Å². The topological polar surface area (TPSA) is 61.6 Å². The Labute approximate surface area is 150 Å². The van der Waals surface area contributed by atoms with Crippen molar-refractivity contribution in [2.24, 2.45) is 13.0 Å². The van der Waals surface area contributed by atoms with Crippen molar-refractivity contribution in [2.45, 2.75) is 51.0 Å². The number of rotatable bonds is 6. The van der Waals surface area contributed by atoms with Crippen LogP contribution in [0.25, 0.3) is 0 Å². The smallest absolute Gasteiger partial charge is 0.222 e. The number of aryl methyl sites for hydroxylation is 1. The quantitative estimate of drug-likeness (QED) is 0.854. The maximum absolute atomic E-state index is 12.4. The SMILES string of the molecule is Cn1ccnc1[C@H](O)C1CCN(C(=O)CCCN2CCCCC2)CC1. The van der Waals surface area contributed by atoms with E-state index in [4.69, 9.17) is 0 Å². The summed E-state index contributed by atoms with van der Waals surface area (Å²) in [5.74, 6) is 1.20. The lowest BCUT2D eigenvalue weighted by molar-refractivity contribution is -0.133. The lowest BCUT2D eigenvalue weighted by Gasteiger charge is -2.34. The Morgan fingerprint density at radius 3 is 2.60 bits per heavy atom. The van der Waals surface area contributed by atoms with Gasteiger partial charge >= 0.3 is 0 Å². The van der Waals surface area contributed by atoms with E-state index in [1.54, 1.807) is 6.20 Å². The summed E-state index contributed by atoms with van der Waals surface area (Å²) in [4.78, 5) is 21.2. The molecule has 1 aromatic heterocycles. The van der Waals surface area contributed by atoms with Gasteiger partial charge in [0.1, 0.15) is 11.9 Å². The van der Waals surface area contributed by atoms with Crippen LogP contribution in [0.15, 0.2) is 12.4 Å². The molecule has 2 aliphatic rings. The molecule has 2 fully saturated rings. The summed E-state index contributed by atoms with van der Waals surface area (Å²) in [6, 6.07) is 0. The van der Waals surface area contributed by atoms with Gasteiger partial charge in [0.25, 0.3) is 0 Å². The normalized spacial score (nSPS) is 21.4. The number of likely N-dealkylation sites (tertiary alicyclic amines) is 2. The van der Waals surface area contributed by atoms with Crippen LogP contribution in [0.5, 0.6) is 0 Å². The fourth-order valence-electron chi connectivity index (χ4n) is 4.13. The highest BCUT2D eigenvalue weighted by Gasteiger charge is 2.29. The molecule has 6 heteroatoms. The number of aliphatic hydroxyl groups is 1. The second-order valence-electron chi connectivity index (χ2n) is 7.57. The van der Waals surface area contributed by atoms with Crippen LogP contribution in [0.1, 0.15) is 56.9 Å². The average molecular weight is 348 g/mol. The minimum absolute atomic E-state index is 0.193. The first-order valence-corrected chi connectivity index (χ1v) is 9.80. The summed E-state index contributed by atoms with van der Waals surface area (Å²) < 4.78 is 1.88. The molecular formula is C19H32N4O2. The van der Waals surface area contributed by atoms with Gasteiger partial charge in [-0.2, -0.15) is 0 Å². The van der Waals surface area contributed by atoms with Crippen LogP contribution in [0.3, 0.4) is 0 Å². The minimum Gasteiger partial charge on any atom is -0.385 e. The van der Waals surface area contributed by atoms with E-state index in [9.17, 15) is 9.90 Å². The standard InChI is InChI=1S/C19H32N4O2/c1-21-15-9-20-19(21)18(25)16-7-13-23(14-8-16)17(24)6-5-12-22-10-3-2-4-11-22/h9,15-16,18,25H,2-8,10-14H2,1H3/t18-/m1/s1. The highest BCUT2D eigenvalue weighted by molar-refractivity contribution is 5.76. The summed E-state index contributed by atoms with van der Waals surface area (Å²) in [5.41, 5.74) is 0.